The molecule has 0 aliphatic heterocycles. The van der Waals surface area contributed by atoms with Gasteiger partial charge in [-0.15, -0.1) is 0 Å². The highest BCUT2D eigenvalue weighted by Gasteiger charge is 2.03. The molecule has 1 heterocycles. The molecule has 0 unspecified atom stereocenters. The molecule has 4 heteroatoms. The SMILES string of the molecule is CN.Cc1cc2[nH]cc(NS)c2cc1C. The fourth-order valence-corrected chi connectivity index (χ4v) is 1.66. The number of benzene rings is 1. The number of nitrogens with one attached hydrogen (secondary N) is 2. The zero-order chi connectivity index (χ0) is 11.4. The molecule has 1 aromatic heterocycles. The summed E-state index contributed by atoms with van der Waals surface area (Å²) in [4.78, 5) is 3.20. The Morgan fingerprint density at radius 2 is 1.80 bits per heavy atom. The first-order chi connectivity index (χ1) is 7.22. The van der Waals surface area contributed by atoms with E-state index in [2.05, 4.69) is 54.2 Å². The summed E-state index contributed by atoms with van der Waals surface area (Å²) in [5.41, 5.74) is 9.29. The number of nitrogens with two attached hydrogens (primary N) is 1. The van der Waals surface area contributed by atoms with Crippen molar-refractivity contribution in [3.63, 3.8) is 0 Å². The van der Waals surface area contributed by atoms with Crippen molar-refractivity contribution in [1.29, 1.82) is 0 Å². The lowest BCUT2D eigenvalue weighted by Gasteiger charge is -2.01. The van der Waals surface area contributed by atoms with E-state index in [0.717, 1.165) is 11.2 Å². The van der Waals surface area contributed by atoms with E-state index in [0.29, 0.717) is 0 Å². The van der Waals surface area contributed by atoms with E-state index in [-0.39, 0.29) is 0 Å². The standard InChI is InChI=1S/C10H12N2S.CH5N/c1-6-3-8-9(4-7(6)2)11-5-10(8)12-13;1-2/h3-5,11-13H,1-2H3;2H2,1H3. The molecular weight excluding hydrogens is 206 g/mol. The molecule has 0 radical (unpaired) electrons. The van der Waals surface area contributed by atoms with Crippen LogP contribution < -0.4 is 10.5 Å². The van der Waals surface area contributed by atoms with Crippen LogP contribution in [-0.4, -0.2) is 12.0 Å². The molecule has 2 aromatic rings. The van der Waals surface area contributed by atoms with Crippen molar-refractivity contribution in [2.24, 2.45) is 5.73 Å². The van der Waals surface area contributed by atoms with Gasteiger partial charge in [0, 0.05) is 17.1 Å². The fourth-order valence-electron chi connectivity index (χ4n) is 1.48. The largest absolute Gasteiger partial charge is 0.359 e. The van der Waals surface area contributed by atoms with Gasteiger partial charge in [0.2, 0.25) is 0 Å². The maximum atomic E-state index is 4.50. The molecule has 0 atom stereocenters. The van der Waals surface area contributed by atoms with Crippen LogP contribution in [0.25, 0.3) is 10.9 Å². The average Bonchev–Trinajstić information content (AvgIpc) is 2.64. The number of aromatic nitrogens is 1. The van der Waals surface area contributed by atoms with Gasteiger partial charge in [0.1, 0.15) is 0 Å². The fraction of sp³-hybridized carbons (Fsp3) is 0.273. The van der Waals surface area contributed by atoms with Crippen molar-refractivity contribution in [2.75, 3.05) is 11.8 Å². The van der Waals surface area contributed by atoms with Crippen LogP contribution in [0.4, 0.5) is 5.69 Å². The van der Waals surface area contributed by atoms with Crippen molar-refractivity contribution in [3.8, 4) is 0 Å². The zero-order valence-electron chi connectivity index (χ0n) is 9.26. The Balaban J connectivity index is 0.000000531. The van der Waals surface area contributed by atoms with Crippen LogP contribution in [-0.2, 0) is 0 Å². The number of hydrogen-bond donors (Lipinski definition) is 4. The second kappa shape index (κ2) is 5.09. The Labute approximate surface area is 95.6 Å². The molecular formula is C11H17N3S. The van der Waals surface area contributed by atoms with Crippen LogP contribution in [0, 0.1) is 13.8 Å². The summed E-state index contributed by atoms with van der Waals surface area (Å²) in [5.74, 6) is 0. The Morgan fingerprint density at radius 1 is 1.20 bits per heavy atom. The molecule has 0 spiro atoms. The van der Waals surface area contributed by atoms with E-state index >= 15 is 0 Å². The highest BCUT2D eigenvalue weighted by Crippen LogP contribution is 2.26. The summed E-state index contributed by atoms with van der Waals surface area (Å²) in [6, 6.07) is 4.32. The molecule has 0 fully saturated rings. The second-order valence-electron chi connectivity index (χ2n) is 3.30. The maximum Gasteiger partial charge on any atom is 0.0695 e. The molecule has 0 bridgehead atoms. The lowest BCUT2D eigenvalue weighted by molar-refractivity contribution is 1.35. The number of aromatic amines is 1. The molecule has 4 N–H and O–H groups in total. The molecule has 0 aliphatic carbocycles. The topological polar surface area (TPSA) is 53.8 Å². The summed E-state index contributed by atoms with van der Waals surface area (Å²) < 4.78 is 2.86. The third-order valence-corrected chi connectivity index (χ3v) is 2.66. The average molecular weight is 223 g/mol. The van der Waals surface area contributed by atoms with Gasteiger partial charge in [-0.1, -0.05) is 12.8 Å². The van der Waals surface area contributed by atoms with E-state index in [9.17, 15) is 0 Å². The van der Waals surface area contributed by atoms with E-state index in [1.807, 2.05) is 6.20 Å². The minimum Gasteiger partial charge on any atom is -0.359 e. The molecule has 0 saturated carbocycles. The minimum atomic E-state index is 1.03. The summed E-state index contributed by atoms with van der Waals surface area (Å²) >= 11 is 4.04. The molecule has 1 aromatic carbocycles. The summed E-state index contributed by atoms with van der Waals surface area (Å²) in [6.45, 7) is 4.23. The number of hydrogen-bond acceptors (Lipinski definition) is 3. The summed E-state index contributed by atoms with van der Waals surface area (Å²) in [7, 11) is 1.50. The third-order valence-electron chi connectivity index (χ3n) is 2.42. The maximum absolute atomic E-state index is 4.50. The van der Waals surface area contributed by atoms with Gasteiger partial charge in [0.05, 0.1) is 5.69 Å². The normalized spacial score (nSPS) is 9.67. The van der Waals surface area contributed by atoms with Crippen LogP contribution in [0.3, 0.4) is 0 Å². The lowest BCUT2D eigenvalue weighted by Crippen LogP contribution is -1.81. The van der Waals surface area contributed by atoms with Crippen molar-refractivity contribution in [1.82, 2.24) is 4.98 Å². The first-order valence-electron chi connectivity index (χ1n) is 4.78. The van der Waals surface area contributed by atoms with Crippen molar-refractivity contribution >= 4 is 29.4 Å². The van der Waals surface area contributed by atoms with Gasteiger partial charge in [-0.3, -0.25) is 0 Å². The van der Waals surface area contributed by atoms with Gasteiger partial charge in [-0.05, 0) is 44.2 Å². The first kappa shape index (κ1) is 11.9. The second-order valence-corrected chi connectivity index (χ2v) is 3.52. The van der Waals surface area contributed by atoms with Crippen molar-refractivity contribution < 1.29 is 0 Å². The molecule has 0 saturated heterocycles. The van der Waals surface area contributed by atoms with E-state index in [4.69, 9.17) is 0 Å². The lowest BCUT2D eigenvalue weighted by atomic mass is 10.1. The van der Waals surface area contributed by atoms with Gasteiger partial charge >= 0.3 is 0 Å². The van der Waals surface area contributed by atoms with Gasteiger partial charge in [0.25, 0.3) is 0 Å². The molecule has 3 nitrogen and oxygen atoms in total. The Hall–Kier alpha value is -1.13. The zero-order valence-corrected chi connectivity index (χ0v) is 10.2. The molecule has 0 amide bonds. The highest BCUT2D eigenvalue weighted by molar-refractivity contribution is 7.81. The predicted molar refractivity (Wildman–Crippen MR) is 70.5 cm³/mol. The number of rotatable bonds is 1. The molecule has 0 aliphatic rings. The van der Waals surface area contributed by atoms with Crippen LogP contribution in [0.15, 0.2) is 18.3 Å². The van der Waals surface area contributed by atoms with Gasteiger partial charge in [0.15, 0.2) is 0 Å². The monoisotopic (exact) mass is 223 g/mol. The van der Waals surface area contributed by atoms with Gasteiger partial charge < -0.3 is 15.4 Å². The van der Waals surface area contributed by atoms with Crippen LogP contribution in [0.5, 0.6) is 0 Å². The number of anilines is 1. The summed E-state index contributed by atoms with van der Waals surface area (Å²) in [5, 5.41) is 1.19. The number of aryl methyl sites for hydroxylation is 2. The van der Waals surface area contributed by atoms with Crippen molar-refractivity contribution in [3.05, 3.63) is 29.5 Å². The van der Waals surface area contributed by atoms with Crippen molar-refractivity contribution in [2.45, 2.75) is 13.8 Å². The third kappa shape index (κ3) is 2.27. The Bertz CT molecular complexity index is 448. The Morgan fingerprint density at radius 3 is 2.40 bits per heavy atom. The predicted octanol–water partition coefficient (Wildman–Crippen LogP) is 2.62. The summed E-state index contributed by atoms with van der Waals surface area (Å²) in [6.07, 6.45) is 1.93. The smallest absolute Gasteiger partial charge is 0.0695 e. The van der Waals surface area contributed by atoms with Gasteiger partial charge in [-0.25, -0.2) is 0 Å². The van der Waals surface area contributed by atoms with Crippen LogP contribution >= 0.6 is 12.8 Å². The van der Waals surface area contributed by atoms with E-state index in [1.165, 1.54) is 23.6 Å². The highest BCUT2D eigenvalue weighted by atomic mass is 32.1. The number of thiol groups is 1. The quantitative estimate of drug-likeness (QED) is 0.562. The minimum absolute atomic E-state index is 1.03. The molecule has 82 valence electrons. The van der Waals surface area contributed by atoms with Crippen LogP contribution in [0.1, 0.15) is 11.1 Å². The van der Waals surface area contributed by atoms with E-state index < -0.39 is 0 Å². The molecule has 15 heavy (non-hydrogen) atoms. The number of H-pyrrole nitrogens is 1. The Kier molecular flexibility index (Phi) is 4.05. The van der Waals surface area contributed by atoms with E-state index in [1.54, 1.807) is 0 Å². The van der Waals surface area contributed by atoms with Gasteiger partial charge in [-0.2, -0.15) is 0 Å². The van der Waals surface area contributed by atoms with Crippen LogP contribution in [0.2, 0.25) is 0 Å². The number of fused-ring (bicyclic) bond motifs is 1. The first-order valence-corrected chi connectivity index (χ1v) is 5.23. The molecule has 2 rings (SSSR count).